The van der Waals surface area contributed by atoms with Crippen molar-refractivity contribution in [2.24, 2.45) is 28.7 Å². The Morgan fingerprint density at radius 2 is 1.63 bits per heavy atom. The summed E-state index contributed by atoms with van der Waals surface area (Å²) in [6.07, 6.45) is 12.8. The smallest absolute Gasteiger partial charge is 0.312 e. The van der Waals surface area contributed by atoms with Gasteiger partial charge in [-0.15, -0.1) is 0 Å². The van der Waals surface area contributed by atoms with E-state index in [9.17, 15) is 39.9 Å². The number of fused-ring (bicyclic) bond motifs is 14. The summed E-state index contributed by atoms with van der Waals surface area (Å²) in [6.45, 7) is 16.4. The van der Waals surface area contributed by atoms with Crippen LogP contribution < -0.4 is 15.3 Å². The Bertz CT molecular complexity index is 2310. The number of amides is 1. The number of unbranched alkanes of at least 4 members (excludes halogenated alkanes) is 2. The average Bonchev–Trinajstić information content (AvgIpc) is 3.88. The van der Waals surface area contributed by atoms with Crippen LogP contribution in [0.2, 0.25) is 0 Å². The maximum Gasteiger partial charge on any atom is 0.312 e. The second-order valence-electron chi connectivity index (χ2n) is 17.5. The fourth-order valence-electron chi connectivity index (χ4n) is 8.94. The minimum Gasteiger partial charge on any atom is -0.507 e. The molecule has 0 aromatic heterocycles. The number of likely N-dealkylation sites (tertiary alicyclic amines) is 1. The molecule has 1 amide bonds. The van der Waals surface area contributed by atoms with Crippen LogP contribution in [0, 0.1) is 30.6 Å². The Morgan fingerprint density at radius 3 is 2.27 bits per heavy atom. The second kappa shape index (κ2) is 20.5. The van der Waals surface area contributed by atoms with Crippen LogP contribution in [0.3, 0.4) is 0 Å². The van der Waals surface area contributed by atoms with Crippen LogP contribution in [-0.2, 0) is 23.8 Å². The minimum atomic E-state index is -2.04. The minimum absolute atomic E-state index is 0.0521. The monoisotopic (exact) mass is 874 g/mol. The first-order valence-corrected chi connectivity index (χ1v) is 22.1. The lowest BCUT2D eigenvalue weighted by Crippen LogP contribution is -2.46. The van der Waals surface area contributed by atoms with Crippen molar-refractivity contribution in [2.75, 3.05) is 20.2 Å². The summed E-state index contributed by atoms with van der Waals surface area (Å²) in [4.78, 5) is 47.5. The first kappa shape index (κ1) is 48.8. The molecule has 5 N–H and O–H groups in total. The van der Waals surface area contributed by atoms with Gasteiger partial charge in [-0.1, -0.05) is 65.7 Å². The molecule has 4 aliphatic heterocycles. The fraction of sp³-hybridized carbons (Fsp3) is 0.551. The maximum atomic E-state index is 14.6. The highest BCUT2D eigenvalue weighted by molar-refractivity contribution is 6.20. The summed E-state index contributed by atoms with van der Waals surface area (Å²) in [5.41, 5.74) is 1.07. The number of rotatable bonds is 8. The number of aromatic hydroxyl groups is 3. The molecule has 0 radical (unpaired) electrons. The quantitative estimate of drug-likeness (QED) is 0.112. The molecule has 0 saturated carbocycles. The van der Waals surface area contributed by atoms with E-state index in [2.05, 4.69) is 16.8 Å². The summed E-state index contributed by atoms with van der Waals surface area (Å²) in [5.74, 6) is -8.33. The molecule has 4 aliphatic rings. The lowest BCUT2D eigenvalue weighted by atomic mass is 9.78. The van der Waals surface area contributed by atoms with E-state index in [1.54, 1.807) is 45.9 Å². The first-order valence-electron chi connectivity index (χ1n) is 22.1. The van der Waals surface area contributed by atoms with Crippen LogP contribution in [0.1, 0.15) is 110 Å². The zero-order valence-electron chi connectivity index (χ0n) is 38.3. The summed E-state index contributed by atoms with van der Waals surface area (Å²) >= 11 is 0. The number of Topliss-reactive ketones (excluding diaryl/α,β-unsaturated/α-hetero) is 1. The van der Waals surface area contributed by atoms with Crippen molar-refractivity contribution in [1.29, 1.82) is 0 Å². The van der Waals surface area contributed by atoms with Gasteiger partial charge in [0.05, 0.1) is 35.5 Å². The van der Waals surface area contributed by atoms with Gasteiger partial charge in [-0.05, 0) is 57.8 Å². The number of nitrogens with zero attached hydrogens (tertiary/aromatic N) is 2. The van der Waals surface area contributed by atoms with E-state index in [1.165, 1.54) is 53.2 Å². The number of hydrogen-bond donors (Lipinski definition) is 5. The standard InChI is InChI=1S/C49H66N2O12/c1-11-12-13-19-33(51-23-14-15-24-51)20-21-34-39-44(57)37-36(43(34)56)38-46(31(7)42(37)55)63-49(9,47(38)58)61-25-22-35(60-10)28(4)45(62-32(8)52)30(6)41(54)29(5)40(53)26(2)17-16-18-27(3)48(59)50-39/h16-18,20-22,25-26,28-30,35,40-41,45,53-57H,11-15,19,23-24H2,1-10H3/b17-16-,25-22-,27-18-,33-20+,34-21-,50-39?/t26-,28+,29+,30+,35-,40-,41+,45+,49-/m0/s1. The number of aliphatic hydroxyl groups excluding tert-OH is 2. The SMILES string of the molecule is CCCCC/C(=C\C=c1/c(O)c2c3c4c(C)c(O)c2c(O)c1=NC(=O)/C(C)=C\C=C/[C@H](C)[C@H](O)[C@@H](C)[C@@H](O)[C@@H](C)[C@H](OC(C)=O)[C@H](C)[C@@H](OC)/C=C\O[C@@](C)(O4)C3=O)N1CCCC1. The summed E-state index contributed by atoms with van der Waals surface area (Å²) in [6, 6.07) is 0. The number of carbonyl (C=O) groups excluding carboxylic acids is 3. The van der Waals surface area contributed by atoms with Gasteiger partial charge in [-0.3, -0.25) is 14.4 Å². The molecule has 4 heterocycles. The Morgan fingerprint density at radius 1 is 0.952 bits per heavy atom. The highest BCUT2D eigenvalue weighted by atomic mass is 16.7. The summed E-state index contributed by atoms with van der Waals surface area (Å²) in [5, 5.41) is 58.2. The van der Waals surface area contributed by atoms with E-state index in [-0.39, 0.29) is 43.8 Å². The van der Waals surface area contributed by atoms with Crippen LogP contribution in [0.15, 0.2) is 52.9 Å². The molecule has 14 nitrogen and oxygen atoms in total. The Kier molecular flexibility index (Phi) is 15.9. The van der Waals surface area contributed by atoms with Crippen molar-refractivity contribution in [3.8, 4) is 23.0 Å². The van der Waals surface area contributed by atoms with Crippen molar-refractivity contribution in [2.45, 2.75) is 131 Å². The molecule has 2 aromatic carbocycles. The molecule has 0 unspecified atom stereocenters. The molecule has 1 saturated heterocycles. The van der Waals surface area contributed by atoms with Crippen molar-refractivity contribution < 1.29 is 58.9 Å². The molecule has 2 aromatic rings. The molecule has 0 spiro atoms. The molecule has 1 fully saturated rings. The third-order valence-electron chi connectivity index (χ3n) is 13.0. The van der Waals surface area contributed by atoms with Crippen LogP contribution in [-0.4, -0.2) is 98.5 Å². The summed E-state index contributed by atoms with van der Waals surface area (Å²) < 4.78 is 23.8. The zero-order valence-corrected chi connectivity index (χ0v) is 38.3. The van der Waals surface area contributed by atoms with E-state index in [1.807, 2.05) is 6.08 Å². The summed E-state index contributed by atoms with van der Waals surface area (Å²) in [7, 11) is 1.45. The zero-order chi connectivity index (χ0) is 46.5. The number of aliphatic hydroxyl groups is 2. The highest BCUT2D eigenvalue weighted by Gasteiger charge is 2.49. The van der Waals surface area contributed by atoms with Crippen LogP contribution in [0.5, 0.6) is 23.0 Å². The molecule has 0 aliphatic carbocycles. The first-order chi connectivity index (χ1) is 29.8. The molecular weight excluding hydrogens is 809 g/mol. The van der Waals surface area contributed by atoms with Gasteiger partial charge in [-0.25, -0.2) is 4.99 Å². The Hall–Kier alpha value is -5.18. The number of benzene rings is 2. The fourth-order valence-corrected chi connectivity index (χ4v) is 8.94. The van der Waals surface area contributed by atoms with E-state index in [0.29, 0.717) is 0 Å². The van der Waals surface area contributed by atoms with Gasteiger partial charge >= 0.3 is 11.8 Å². The topological polar surface area (TPSA) is 205 Å². The number of hydrogen-bond acceptors (Lipinski definition) is 13. The normalized spacial score (nSPS) is 30.8. The molecule has 63 heavy (non-hydrogen) atoms. The highest BCUT2D eigenvalue weighted by Crippen LogP contribution is 2.50. The van der Waals surface area contributed by atoms with E-state index in [4.69, 9.17) is 18.9 Å². The van der Waals surface area contributed by atoms with Crippen molar-refractivity contribution >= 4 is 34.5 Å². The van der Waals surface area contributed by atoms with E-state index >= 15 is 0 Å². The number of carbonyl (C=O) groups is 3. The van der Waals surface area contributed by atoms with E-state index < -0.39 is 88.8 Å². The number of ketones is 1. The third-order valence-corrected chi connectivity index (χ3v) is 13.0. The van der Waals surface area contributed by atoms with Gasteiger partial charge in [0.1, 0.15) is 28.7 Å². The predicted molar refractivity (Wildman–Crippen MR) is 238 cm³/mol. The third kappa shape index (κ3) is 10.1. The van der Waals surface area contributed by atoms with Crippen LogP contribution in [0.25, 0.3) is 16.8 Å². The average molecular weight is 875 g/mol. The van der Waals surface area contributed by atoms with Gasteiger partial charge in [0, 0.05) is 85.2 Å². The number of methoxy groups -OCH3 is 1. The number of allylic oxidation sites excluding steroid dienone is 4. The predicted octanol–water partition coefficient (Wildman–Crippen LogP) is 6.30. The number of phenolic OH excluding ortho intramolecular Hbond substituents is 3. The van der Waals surface area contributed by atoms with Crippen molar-refractivity contribution in [3.63, 3.8) is 0 Å². The van der Waals surface area contributed by atoms with Crippen molar-refractivity contribution in [3.05, 3.63) is 69.6 Å². The molecule has 6 rings (SSSR count). The van der Waals surface area contributed by atoms with Crippen LogP contribution >= 0.6 is 0 Å². The van der Waals surface area contributed by atoms with Crippen molar-refractivity contribution in [1.82, 2.24) is 4.90 Å². The molecular formula is C49H66N2O12. The largest absolute Gasteiger partial charge is 0.507 e. The Labute approximate surface area is 369 Å². The second-order valence-corrected chi connectivity index (χ2v) is 17.5. The number of ether oxygens (including phenoxy) is 4. The molecule has 5 bridgehead atoms. The van der Waals surface area contributed by atoms with Crippen LogP contribution in [0.4, 0.5) is 0 Å². The van der Waals surface area contributed by atoms with E-state index in [0.717, 1.165) is 57.3 Å². The lowest BCUT2D eigenvalue weighted by molar-refractivity contribution is -0.160. The molecule has 14 heteroatoms. The molecule has 9 atom stereocenters. The van der Waals surface area contributed by atoms with Gasteiger partial charge in [-0.2, -0.15) is 0 Å². The Balaban J connectivity index is 1.79. The molecule has 344 valence electrons. The van der Waals surface area contributed by atoms with Gasteiger partial charge in [0.15, 0.2) is 5.75 Å². The number of esters is 1. The lowest BCUT2D eigenvalue weighted by Gasteiger charge is -2.38. The number of phenols is 3. The maximum absolute atomic E-state index is 14.6. The van der Waals surface area contributed by atoms with Gasteiger partial charge < -0.3 is 49.4 Å². The van der Waals surface area contributed by atoms with Gasteiger partial charge in [0.2, 0.25) is 0 Å². The van der Waals surface area contributed by atoms with Gasteiger partial charge in [0.25, 0.3) is 11.7 Å².